The zero-order valence-electron chi connectivity index (χ0n) is 15.5. The summed E-state index contributed by atoms with van der Waals surface area (Å²) in [6.07, 6.45) is 6.41. The minimum atomic E-state index is 0.0263. The standard InChI is InChI=1S/C19H30N2O2S/c1-18(2)10-12(11-19(3,4)21-18)20-17(22)16-15(23-5)13-8-6-7-9-14(13)24-16/h12,21H,6-11H2,1-5H3,(H,20,22). The molecule has 1 aliphatic carbocycles. The Morgan fingerprint density at radius 2 is 1.79 bits per heavy atom. The van der Waals surface area contributed by atoms with E-state index in [1.165, 1.54) is 23.3 Å². The lowest BCUT2D eigenvalue weighted by Gasteiger charge is -2.46. The van der Waals surface area contributed by atoms with Crippen LogP contribution in [0.5, 0.6) is 5.75 Å². The van der Waals surface area contributed by atoms with E-state index in [0.29, 0.717) is 0 Å². The van der Waals surface area contributed by atoms with Crippen LogP contribution in [-0.2, 0) is 12.8 Å². The number of carbonyl (C=O) groups excluding carboxylic acids is 1. The van der Waals surface area contributed by atoms with Gasteiger partial charge in [-0.1, -0.05) is 0 Å². The predicted molar refractivity (Wildman–Crippen MR) is 99.3 cm³/mol. The first kappa shape index (κ1) is 17.7. The van der Waals surface area contributed by atoms with Gasteiger partial charge in [0, 0.05) is 27.6 Å². The van der Waals surface area contributed by atoms with Gasteiger partial charge in [-0.05, 0) is 66.2 Å². The van der Waals surface area contributed by atoms with Crippen molar-refractivity contribution in [3.8, 4) is 5.75 Å². The Hall–Kier alpha value is -1.07. The molecule has 0 saturated carbocycles. The fourth-order valence-corrected chi connectivity index (χ4v) is 5.84. The van der Waals surface area contributed by atoms with Crippen molar-refractivity contribution >= 4 is 17.2 Å². The van der Waals surface area contributed by atoms with Gasteiger partial charge in [0.2, 0.25) is 0 Å². The molecule has 2 heterocycles. The molecule has 2 aliphatic rings. The van der Waals surface area contributed by atoms with Crippen molar-refractivity contribution in [2.75, 3.05) is 7.11 Å². The summed E-state index contributed by atoms with van der Waals surface area (Å²) in [6.45, 7) is 8.82. The van der Waals surface area contributed by atoms with E-state index in [0.717, 1.165) is 36.3 Å². The van der Waals surface area contributed by atoms with Gasteiger partial charge in [0.15, 0.2) is 0 Å². The molecule has 0 unspecified atom stereocenters. The second-order valence-corrected chi connectivity index (χ2v) is 9.65. The van der Waals surface area contributed by atoms with Gasteiger partial charge >= 0.3 is 0 Å². The van der Waals surface area contributed by atoms with Crippen LogP contribution >= 0.6 is 11.3 Å². The molecule has 1 aromatic rings. The quantitative estimate of drug-likeness (QED) is 0.874. The number of fused-ring (bicyclic) bond motifs is 1. The maximum Gasteiger partial charge on any atom is 0.265 e. The molecule has 0 spiro atoms. The number of piperidine rings is 1. The number of nitrogens with one attached hydrogen (secondary N) is 2. The van der Waals surface area contributed by atoms with E-state index in [2.05, 4.69) is 38.3 Å². The van der Waals surface area contributed by atoms with Gasteiger partial charge in [-0.3, -0.25) is 4.79 Å². The van der Waals surface area contributed by atoms with Crippen molar-refractivity contribution in [3.63, 3.8) is 0 Å². The Morgan fingerprint density at radius 3 is 2.42 bits per heavy atom. The van der Waals surface area contributed by atoms with Crippen LogP contribution in [0.1, 0.15) is 73.5 Å². The van der Waals surface area contributed by atoms with Crippen LogP contribution in [-0.4, -0.2) is 30.1 Å². The Bertz CT molecular complexity index is 618. The number of ether oxygens (including phenoxy) is 1. The molecule has 0 bridgehead atoms. The van der Waals surface area contributed by atoms with Crippen molar-refractivity contribution in [2.45, 2.75) is 83.3 Å². The minimum Gasteiger partial charge on any atom is -0.495 e. The highest BCUT2D eigenvalue weighted by molar-refractivity contribution is 7.14. The largest absolute Gasteiger partial charge is 0.495 e. The molecule has 1 saturated heterocycles. The molecule has 0 atom stereocenters. The van der Waals surface area contributed by atoms with Crippen molar-refractivity contribution in [3.05, 3.63) is 15.3 Å². The number of thiophene rings is 1. The van der Waals surface area contributed by atoms with Gasteiger partial charge < -0.3 is 15.4 Å². The van der Waals surface area contributed by atoms with Gasteiger partial charge in [-0.15, -0.1) is 11.3 Å². The zero-order valence-corrected chi connectivity index (χ0v) is 16.4. The van der Waals surface area contributed by atoms with Gasteiger partial charge in [-0.25, -0.2) is 0 Å². The van der Waals surface area contributed by atoms with E-state index in [1.54, 1.807) is 18.4 Å². The van der Waals surface area contributed by atoms with Gasteiger partial charge in [-0.2, -0.15) is 0 Å². The van der Waals surface area contributed by atoms with Crippen LogP contribution in [0.3, 0.4) is 0 Å². The Labute approximate surface area is 149 Å². The van der Waals surface area contributed by atoms with Crippen LogP contribution < -0.4 is 15.4 Å². The molecule has 1 aromatic heterocycles. The third-order valence-corrected chi connectivity index (χ3v) is 6.33. The van der Waals surface area contributed by atoms with Crippen molar-refractivity contribution in [1.29, 1.82) is 0 Å². The summed E-state index contributed by atoms with van der Waals surface area (Å²) in [5.74, 6) is 0.851. The first-order valence-corrected chi connectivity index (χ1v) is 9.81. The number of methoxy groups -OCH3 is 1. The van der Waals surface area contributed by atoms with Crippen LogP contribution in [0.15, 0.2) is 0 Å². The number of carbonyl (C=O) groups is 1. The zero-order chi connectivity index (χ0) is 17.5. The molecule has 4 nitrogen and oxygen atoms in total. The van der Waals surface area contributed by atoms with Crippen molar-refractivity contribution in [2.24, 2.45) is 0 Å². The van der Waals surface area contributed by atoms with E-state index in [-0.39, 0.29) is 23.0 Å². The SMILES string of the molecule is COc1c(C(=O)NC2CC(C)(C)NC(C)(C)C2)sc2c1CCCC2. The lowest BCUT2D eigenvalue weighted by atomic mass is 9.79. The van der Waals surface area contributed by atoms with Gasteiger partial charge in [0.1, 0.15) is 10.6 Å². The average molecular weight is 351 g/mol. The fraction of sp³-hybridized carbons (Fsp3) is 0.737. The summed E-state index contributed by atoms with van der Waals surface area (Å²) in [4.78, 5) is 15.0. The fourth-order valence-electron chi connectivity index (χ4n) is 4.58. The molecule has 0 aromatic carbocycles. The monoisotopic (exact) mass is 350 g/mol. The first-order valence-electron chi connectivity index (χ1n) is 8.99. The van der Waals surface area contributed by atoms with E-state index in [1.807, 2.05) is 0 Å². The second-order valence-electron chi connectivity index (χ2n) is 8.54. The Kier molecular flexibility index (Phi) is 4.69. The summed E-state index contributed by atoms with van der Waals surface area (Å²) in [5, 5.41) is 6.95. The van der Waals surface area contributed by atoms with Crippen LogP contribution in [0.25, 0.3) is 0 Å². The lowest BCUT2D eigenvalue weighted by molar-refractivity contribution is 0.0874. The average Bonchev–Trinajstić information content (AvgIpc) is 2.82. The smallest absolute Gasteiger partial charge is 0.265 e. The predicted octanol–water partition coefficient (Wildman–Crippen LogP) is 3.67. The molecule has 24 heavy (non-hydrogen) atoms. The number of hydrogen-bond donors (Lipinski definition) is 2. The first-order chi connectivity index (χ1) is 11.2. The highest BCUT2D eigenvalue weighted by Gasteiger charge is 2.38. The molecule has 1 amide bonds. The molecule has 5 heteroatoms. The minimum absolute atomic E-state index is 0.0263. The summed E-state index contributed by atoms with van der Waals surface area (Å²) < 4.78 is 5.61. The number of rotatable bonds is 3. The van der Waals surface area contributed by atoms with E-state index < -0.39 is 0 Å². The molecular formula is C19H30N2O2S. The summed E-state index contributed by atoms with van der Waals surface area (Å²) in [5.41, 5.74) is 1.32. The van der Waals surface area contributed by atoms with Crippen molar-refractivity contribution in [1.82, 2.24) is 10.6 Å². The van der Waals surface area contributed by atoms with Gasteiger partial charge in [0.05, 0.1) is 7.11 Å². The Morgan fingerprint density at radius 1 is 1.17 bits per heavy atom. The van der Waals surface area contributed by atoms with Crippen molar-refractivity contribution < 1.29 is 9.53 Å². The highest BCUT2D eigenvalue weighted by atomic mass is 32.1. The third-order valence-electron chi connectivity index (χ3n) is 5.06. The van der Waals surface area contributed by atoms with Gasteiger partial charge in [0.25, 0.3) is 5.91 Å². The van der Waals surface area contributed by atoms with Crippen LogP contribution in [0, 0.1) is 0 Å². The topological polar surface area (TPSA) is 50.4 Å². The summed E-state index contributed by atoms with van der Waals surface area (Å²) in [6, 6.07) is 0.188. The normalized spacial score (nSPS) is 22.7. The van der Waals surface area contributed by atoms with E-state index in [4.69, 9.17) is 4.74 Å². The van der Waals surface area contributed by atoms with E-state index in [9.17, 15) is 4.79 Å². The summed E-state index contributed by atoms with van der Waals surface area (Å²) in [7, 11) is 1.68. The molecule has 134 valence electrons. The number of aryl methyl sites for hydroxylation is 1. The molecule has 1 aliphatic heterocycles. The highest BCUT2D eigenvalue weighted by Crippen LogP contribution is 2.40. The van der Waals surface area contributed by atoms with E-state index >= 15 is 0 Å². The maximum absolute atomic E-state index is 12.9. The molecule has 1 fully saturated rings. The lowest BCUT2D eigenvalue weighted by Crippen LogP contribution is -2.62. The Balaban J connectivity index is 1.79. The summed E-state index contributed by atoms with van der Waals surface area (Å²) >= 11 is 1.63. The maximum atomic E-state index is 12.9. The third kappa shape index (κ3) is 3.62. The molecule has 3 rings (SSSR count). The second kappa shape index (κ2) is 6.34. The molecule has 2 N–H and O–H groups in total. The molecule has 0 radical (unpaired) electrons. The number of amides is 1. The van der Waals surface area contributed by atoms with Crippen LogP contribution in [0.4, 0.5) is 0 Å². The number of hydrogen-bond acceptors (Lipinski definition) is 4. The van der Waals surface area contributed by atoms with Crippen LogP contribution in [0.2, 0.25) is 0 Å². The molecular weight excluding hydrogens is 320 g/mol.